The summed E-state index contributed by atoms with van der Waals surface area (Å²) in [6.45, 7) is 1.68. The molecule has 0 radical (unpaired) electrons. The van der Waals surface area contributed by atoms with Crippen LogP contribution in [0.2, 0.25) is 0 Å². The van der Waals surface area contributed by atoms with E-state index in [0.717, 1.165) is 3.57 Å². The van der Waals surface area contributed by atoms with Gasteiger partial charge in [0.2, 0.25) is 0 Å². The van der Waals surface area contributed by atoms with E-state index in [1.165, 1.54) is 6.07 Å². The summed E-state index contributed by atoms with van der Waals surface area (Å²) >= 11 is 2.11. The van der Waals surface area contributed by atoms with Gasteiger partial charge in [-0.15, -0.1) is 0 Å². The summed E-state index contributed by atoms with van der Waals surface area (Å²) in [6, 6.07) is 4.81. The fourth-order valence-electron chi connectivity index (χ4n) is 1.30. The molecule has 1 aromatic rings. The van der Waals surface area contributed by atoms with Crippen LogP contribution in [0.5, 0.6) is 0 Å². The van der Waals surface area contributed by atoms with Gasteiger partial charge in [-0.05, 0) is 54.1 Å². The molecule has 0 saturated heterocycles. The predicted octanol–water partition coefficient (Wildman–Crippen LogP) is 1.99. The Kier molecular flexibility index (Phi) is 3.86. The maximum atomic E-state index is 13.4. The molecular formula is C10H13FINO. The Labute approximate surface area is 96.5 Å². The van der Waals surface area contributed by atoms with E-state index in [9.17, 15) is 4.39 Å². The van der Waals surface area contributed by atoms with Gasteiger partial charge in [0.15, 0.2) is 0 Å². The zero-order valence-corrected chi connectivity index (χ0v) is 10.1. The minimum absolute atomic E-state index is 0.0437. The molecule has 78 valence electrons. The molecule has 0 saturated carbocycles. The van der Waals surface area contributed by atoms with Crippen LogP contribution in [0.15, 0.2) is 18.2 Å². The average Bonchev–Trinajstić information content (AvgIpc) is 2.09. The zero-order chi connectivity index (χ0) is 10.8. The lowest BCUT2D eigenvalue weighted by Crippen LogP contribution is -2.35. The molecule has 0 aliphatic carbocycles. The largest absolute Gasteiger partial charge is 0.396 e. The van der Waals surface area contributed by atoms with Crippen LogP contribution in [0.3, 0.4) is 0 Å². The first-order valence-corrected chi connectivity index (χ1v) is 5.40. The highest BCUT2D eigenvalue weighted by atomic mass is 127. The van der Waals surface area contributed by atoms with Crippen molar-refractivity contribution in [2.24, 2.45) is 5.73 Å². The summed E-state index contributed by atoms with van der Waals surface area (Å²) in [7, 11) is 0. The van der Waals surface area contributed by atoms with Gasteiger partial charge in [-0.3, -0.25) is 0 Å². The van der Waals surface area contributed by atoms with Crippen LogP contribution in [0.1, 0.15) is 18.9 Å². The van der Waals surface area contributed by atoms with Crippen molar-refractivity contribution in [3.8, 4) is 0 Å². The van der Waals surface area contributed by atoms with E-state index in [0.29, 0.717) is 12.0 Å². The topological polar surface area (TPSA) is 46.2 Å². The maximum absolute atomic E-state index is 13.4. The number of aliphatic hydroxyl groups excluding tert-OH is 1. The lowest BCUT2D eigenvalue weighted by molar-refractivity contribution is 0.244. The molecule has 0 aromatic heterocycles. The van der Waals surface area contributed by atoms with Crippen LogP contribution in [0.25, 0.3) is 0 Å². The van der Waals surface area contributed by atoms with Crippen LogP contribution in [0.4, 0.5) is 4.39 Å². The number of aliphatic hydroxyl groups is 1. The van der Waals surface area contributed by atoms with Gasteiger partial charge in [0, 0.05) is 21.3 Å². The van der Waals surface area contributed by atoms with Gasteiger partial charge in [-0.1, -0.05) is 0 Å². The second-order valence-electron chi connectivity index (χ2n) is 3.52. The van der Waals surface area contributed by atoms with Crippen LogP contribution in [-0.4, -0.2) is 11.7 Å². The molecule has 2 nitrogen and oxygen atoms in total. The fourth-order valence-corrected chi connectivity index (χ4v) is 1.79. The molecule has 0 heterocycles. The summed E-state index contributed by atoms with van der Waals surface area (Å²) in [5.74, 6) is -0.316. The number of benzene rings is 1. The standard InChI is InChI=1S/C10H13FINO/c1-10(13,4-5-14)8-6-7(12)2-3-9(8)11/h2-3,6,14H,4-5,13H2,1H3/t10-/m1/s1. The van der Waals surface area contributed by atoms with Crippen molar-refractivity contribution in [2.75, 3.05) is 6.61 Å². The van der Waals surface area contributed by atoms with Crippen molar-refractivity contribution in [1.29, 1.82) is 0 Å². The van der Waals surface area contributed by atoms with E-state index < -0.39 is 5.54 Å². The quantitative estimate of drug-likeness (QED) is 0.839. The number of rotatable bonds is 3. The minimum atomic E-state index is -0.806. The summed E-state index contributed by atoms with van der Waals surface area (Å²) < 4.78 is 14.4. The Bertz CT molecular complexity index is 328. The fraction of sp³-hybridized carbons (Fsp3) is 0.400. The Morgan fingerprint density at radius 1 is 1.57 bits per heavy atom. The van der Waals surface area contributed by atoms with Crippen molar-refractivity contribution in [3.63, 3.8) is 0 Å². The number of halogens is 2. The molecule has 3 N–H and O–H groups in total. The van der Waals surface area contributed by atoms with Crippen LogP contribution < -0.4 is 5.73 Å². The third-order valence-corrected chi connectivity index (χ3v) is 2.85. The Morgan fingerprint density at radius 3 is 2.79 bits per heavy atom. The molecule has 0 fully saturated rings. The second kappa shape index (κ2) is 4.55. The van der Waals surface area contributed by atoms with E-state index in [1.54, 1.807) is 19.1 Å². The van der Waals surface area contributed by atoms with Crippen molar-refractivity contribution < 1.29 is 9.50 Å². The molecule has 1 aromatic carbocycles. The number of hydrogen-bond acceptors (Lipinski definition) is 2. The van der Waals surface area contributed by atoms with E-state index in [-0.39, 0.29) is 12.4 Å². The maximum Gasteiger partial charge on any atom is 0.128 e. The average molecular weight is 309 g/mol. The van der Waals surface area contributed by atoms with Crippen LogP contribution >= 0.6 is 22.6 Å². The third kappa shape index (κ3) is 2.65. The summed E-state index contributed by atoms with van der Waals surface area (Å²) in [6.07, 6.45) is 0.351. The van der Waals surface area contributed by atoms with Gasteiger partial charge in [0.1, 0.15) is 5.82 Å². The Hall–Kier alpha value is -0.200. The summed E-state index contributed by atoms with van der Waals surface area (Å²) in [5, 5.41) is 8.82. The number of nitrogens with two attached hydrogens (primary N) is 1. The van der Waals surface area contributed by atoms with E-state index in [2.05, 4.69) is 22.6 Å². The smallest absolute Gasteiger partial charge is 0.128 e. The van der Waals surface area contributed by atoms with E-state index in [4.69, 9.17) is 10.8 Å². The van der Waals surface area contributed by atoms with Crippen molar-refractivity contribution in [2.45, 2.75) is 18.9 Å². The first-order valence-electron chi connectivity index (χ1n) is 4.32. The van der Waals surface area contributed by atoms with Gasteiger partial charge in [-0.2, -0.15) is 0 Å². The highest BCUT2D eigenvalue weighted by Gasteiger charge is 2.24. The molecule has 1 rings (SSSR count). The normalized spacial score (nSPS) is 15.2. The third-order valence-electron chi connectivity index (χ3n) is 2.17. The molecule has 0 amide bonds. The van der Waals surface area contributed by atoms with Crippen molar-refractivity contribution in [3.05, 3.63) is 33.1 Å². The summed E-state index contributed by atoms with van der Waals surface area (Å²) in [4.78, 5) is 0. The van der Waals surface area contributed by atoms with Gasteiger partial charge in [-0.25, -0.2) is 4.39 Å². The van der Waals surface area contributed by atoms with Gasteiger partial charge in [0.25, 0.3) is 0 Å². The highest BCUT2D eigenvalue weighted by Crippen LogP contribution is 2.25. The lowest BCUT2D eigenvalue weighted by Gasteiger charge is -2.24. The molecule has 14 heavy (non-hydrogen) atoms. The van der Waals surface area contributed by atoms with Gasteiger partial charge in [0.05, 0.1) is 0 Å². The van der Waals surface area contributed by atoms with Crippen molar-refractivity contribution >= 4 is 22.6 Å². The molecular weight excluding hydrogens is 296 g/mol. The van der Waals surface area contributed by atoms with E-state index in [1.807, 2.05) is 0 Å². The molecule has 0 unspecified atom stereocenters. The first kappa shape index (κ1) is 11.9. The van der Waals surface area contributed by atoms with Gasteiger partial charge >= 0.3 is 0 Å². The SMILES string of the molecule is C[C@@](N)(CCO)c1cc(I)ccc1F. The van der Waals surface area contributed by atoms with Gasteiger partial charge < -0.3 is 10.8 Å². The molecule has 1 atom stereocenters. The Morgan fingerprint density at radius 2 is 2.21 bits per heavy atom. The lowest BCUT2D eigenvalue weighted by atomic mass is 9.90. The molecule has 4 heteroatoms. The van der Waals surface area contributed by atoms with E-state index >= 15 is 0 Å². The summed E-state index contributed by atoms with van der Waals surface area (Å²) in [5.41, 5.74) is 5.57. The number of hydrogen-bond donors (Lipinski definition) is 2. The molecule has 0 bridgehead atoms. The second-order valence-corrected chi connectivity index (χ2v) is 4.76. The van der Waals surface area contributed by atoms with Crippen LogP contribution in [-0.2, 0) is 5.54 Å². The zero-order valence-electron chi connectivity index (χ0n) is 7.93. The molecule has 0 spiro atoms. The predicted molar refractivity (Wildman–Crippen MR) is 62.4 cm³/mol. The highest BCUT2D eigenvalue weighted by molar-refractivity contribution is 14.1. The molecule has 0 aliphatic rings. The minimum Gasteiger partial charge on any atom is -0.396 e. The molecule has 0 aliphatic heterocycles. The van der Waals surface area contributed by atoms with Crippen LogP contribution in [0, 0.1) is 9.39 Å². The van der Waals surface area contributed by atoms with Crippen molar-refractivity contribution in [1.82, 2.24) is 0 Å². The Balaban J connectivity index is 3.10. The monoisotopic (exact) mass is 309 g/mol. The first-order chi connectivity index (χ1) is 6.47.